The first-order valence-electron chi connectivity index (χ1n) is 7.98. The third-order valence-corrected chi connectivity index (χ3v) is 3.49. The molecule has 1 aromatic carbocycles. The fraction of sp³-hybridized carbons (Fsp3) is 0.500. The van der Waals surface area contributed by atoms with Gasteiger partial charge in [0.05, 0.1) is 10.9 Å². The van der Waals surface area contributed by atoms with Gasteiger partial charge in [0.2, 0.25) is 5.89 Å². The Morgan fingerprint density at radius 3 is 2.54 bits per heavy atom. The molecule has 0 aliphatic rings. The molecule has 2 rings (SSSR count). The molecule has 0 spiro atoms. The maximum atomic E-state index is 12.3. The number of fused-ring (bicyclic) bond motifs is 1. The van der Waals surface area contributed by atoms with Crippen LogP contribution in [0.2, 0.25) is 0 Å². The molecule has 0 aliphatic carbocycles. The van der Waals surface area contributed by atoms with Gasteiger partial charge in [-0.15, -0.1) is 0 Å². The van der Waals surface area contributed by atoms with Gasteiger partial charge >= 0.3 is 11.7 Å². The van der Waals surface area contributed by atoms with E-state index in [1.165, 1.54) is 0 Å². The number of alkyl carbamates (subject to hydrolysis) is 1. The lowest BCUT2D eigenvalue weighted by Gasteiger charge is -2.24. The fourth-order valence-electron chi connectivity index (χ4n) is 2.38. The van der Waals surface area contributed by atoms with E-state index in [0.717, 1.165) is 5.56 Å². The summed E-state index contributed by atoms with van der Waals surface area (Å²) in [6, 6.07) is 4.87. The number of carbonyl (C=O) groups excluding carboxylic acids is 1. The number of hydrogen-bond donors (Lipinski definition) is 1. The summed E-state index contributed by atoms with van der Waals surface area (Å²) in [6.07, 6.45) is -0.574. The van der Waals surface area contributed by atoms with Crippen LogP contribution in [0.4, 0.5) is 4.79 Å². The van der Waals surface area contributed by atoms with Crippen LogP contribution in [-0.2, 0) is 4.74 Å². The normalized spacial score (nSPS) is 13.1. The van der Waals surface area contributed by atoms with Gasteiger partial charge in [-0.05, 0) is 45.2 Å². The van der Waals surface area contributed by atoms with Crippen LogP contribution in [0.25, 0.3) is 10.9 Å². The zero-order chi connectivity index (χ0) is 18.1. The molecule has 130 valence electrons. The second kappa shape index (κ2) is 6.63. The summed E-state index contributed by atoms with van der Waals surface area (Å²) in [5.74, 6) is 0.148. The molecule has 0 radical (unpaired) electrons. The van der Waals surface area contributed by atoms with Crippen LogP contribution >= 0.6 is 0 Å². The highest BCUT2D eigenvalue weighted by atomic mass is 16.6. The van der Waals surface area contributed by atoms with E-state index in [-0.39, 0.29) is 11.8 Å². The van der Waals surface area contributed by atoms with E-state index < -0.39 is 23.4 Å². The SMILES string of the molecule is Cc1cccc2nc(C(NC(=O)OC(C)(C)C)C(C)C)oc(=O)c12. The van der Waals surface area contributed by atoms with Gasteiger partial charge in [-0.3, -0.25) is 0 Å². The number of aryl methyl sites for hydroxylation is 1. The molecule has 24 heavy (non-hydrogen) atoms. The number of amides is 1. The molecule has 1 heterocycles. The fourth-order valence-corrected chi connectivity index (χ4v) is 2.38. The Labute approximate surface area is 141 Å². The number of ether oxygens (including phenoxy) is 1. The second-order valence-corrected chi connectivity index (χ2v) is 7.18. The van der Waals surface area contributed by atoms with Gasteiger partial charge in [0.15, 0.2) is 0 Å². The minimum absolute atomic E-state index is 0.0320. The average molecular weight is 332 g/mol. The Hall–Kier alpha value is -2.37. The summed E-state index contributed by atoms with van der Waals surface area (Å²) in [5.41, 5.74) is 0.296. The Balaban J connectivity index is 2.40. The molecule has 0 saturated heterocycles. The highest BCUT2D eigenvalue weighted by Crippen LogP contribution is 2.22. The summed E-state index contributed by atoms with van der Waals surface area (Å²) in [4.78, 5) is 28.8. The van der Waals surface area contributed by atoms with E-state index in [2.05, 4.69) is 10.3 Å². The minimum Gasteiger partial charge on any atom is -0.444 e. The zero-order valence-electron chi connectivity index (χ0n) is 15.0. The third kappa shape index (κ3) is 4.13. The van der Waals surface area contributed by atoms with E-state index >= 15 is 0 Å². The van der Waals surface area contributed by atoms with Crippen LogP contribution in [0.1, 0.15) is 52.1 Å². The van der Waals surface area contributed by atoms with Gasteiger partial charge in [-0.1, -0.05) is 26.0 Å². The molecular weight excluding hydrogens is 308 g/mol. The lowest BCUT2D eigenvalue weighted by Crippen LogP contribution is -2.37. The first-order chi connectivity index (χ1) is 11.1. The molecule has 0 aliphatic heterocycles. The number of nitrogens with zero attached hydrogens (tertiary/aromatic N) is 1. The average Bonchev–Trinajstić information content (AvgIpc) is 2.42. The molecule has 0 bridgehead atoms. The number of rotatable bonds is 3. The van der Waals surface area contributed by atoms with Gasteiger partial charge in [0.1, 0.15) is 11.6 Å². The highest BCUT2D eigenvalue weighted by Gasteiger charge is 2.26. The summed E-state index contributed by atoms with van der Waals surface area (Å²) < 4.78 is 10.7. The predicted octanol–water partition coefficient (Wildman–Crippen LogP) is 3.72. The van der Waals surface area contributed by atoms with Crippen LogP contribution in [-0.4, -0.2) is 16.7 Å². The smallest absolute Gasteiger partial charge is 0.408 e. The Morgan fingerprint density at radius 2 is 1.96 bits per heavy atom. The number of hydrogen-bond acceptors (Lipinski definition) is 5. The van der Waals surface area contributed by atoms with Crippen LogP contribution in [0.15, 0.2) is 27.4 Å². The van der Waals surface area contributed by atoms with E-state index in [0.29, 0.717) is 10.9 Å². The molecular formula is C18H24N2O4. The molecule has 6 nitrogen and oxygen atoms in total. The van der Waals surface area contributed by atoms with E-state index in [1.54, 1.807) is 26.8 Å². The largest absolute Gasteiger partial charge is 0.444 e. The predicted molar refractivity (Wildman–Crippen MR) is 92.0 cm³/mol. The van der Waals surface area contributed by atoms with E-state index in [1.807, 2.05) is 32.9 Å². The van der Waals surface area contributed by atoms with Crippen molar-refractivity contribution in [2.75, 3.05) is 0 Å². The monoisotopic (exact) mass is 332 g/mol. The quantitative estimate of drug-likeness (QED) is 0.926. The van der Waals surface area contributed by atoms with Crippen molar-refractivity contribution in [2.24, 2.45) is 5.92 Å². The van der Waals surface area contributed by atoms with Crippen LogP contribution in [0, 0.1) is 12.8 Å². The van der Waals surface area contributed by atoms with Crippen LogP contribution in [0.3, 0.4) is 0 Å². The summed E-state index contributed by atoms with van der Waals surface area (Å²) in [6.45, 7) is 11.0. The van der Waals surface area contributed by atoms with Crippen molar-refractivity contribution in [3.63, 3.8) is 0 Å². The van der Waals surface area contributed by atoms with E-state index in [4.69, 9.17) is 9.15 Å². The van der Waals surface area contributed by atoms with Gasteiger partial charge < -0.3 is 14.5 Å². The van der Waals surface area contributed by atoms with Crippen molar-refractivity contribution < 1.29 is 13.9 Å². The van der Waals surface area contributed by atoms with Crippen molar-refractivity contribution in [2.45, 2.75) is 53.2 Å². The third-order valence-electron chi connectivity index (χ3n) is 3.49. The number of carbonyl (C=O) groups is 1. The van der Waals surface area contributed by atoms with Gasteiger partial charge in [0, 0.05) is 0 Å². The van der Waals surface area contributed by atoms with Crippen molar-refractivity contribution >= 4 is 17.0 Å². The van der Waals surface area contributed by atoms with Crippen molar-refractivity contribution in [3.05, 3.63) is 40.1 Å². The standard InChI is InChI=1S/C18H24N2O4/c1-10(2)14(20-17(22)24-18(4,5)6)15-19-12-9-7-8-11(3)13(12)16(21)23-15/h7-10,14H,1-6H3,(H,20,22). The Kier molecular flexibility index (Phi) is 4.96. The molecule has 1 N–H and O–H groups in total. The topological polar surface area (TPSA) is 81.4 Å². The van der Waals surface area contributed by atoms with Crippen molar-refractivity contribution in [1.82, 2.24) is 10.3 Å². The van der Waals surface area contributed by atoms with Gasteiger partial charge in [-0.25, -0.2) is 14.6 Å². The Bertz CT molecular complexity index is 803. The molecule has 1 aromatic heterocycles. The molecule has 0 fully saturated rings. The molecule has 6 heteroatoms. The molecule has 0 saturated carbocycles. The molecule has 1 unspecified atom stereocenters. The zero-order valence-corrected chi connectivity index (χ0v) is 15.0. The Morgan fingerprint density at radius 1 is 1.29 bits per heavy atom. The van der Waals surface area contributed by atoms with E-state index in [9.17, 15) is 9.59 Å². The highest BCUT2D eigenvalue weighted by molar-refractivity contribution is 5.80. The molecule has 1 amide bonds. The van der Waals surface area contributed by atoms with Crippen LogP contribution < -0.4 is 10.9 Å². The van der Waals surface area contributed by atoms with Crippen LogP contribution in [0.5, 0.6) is 0 Å². The summed E-state index contributed by atoms with van der Waals surface area (Å²) in [5, 5.41) is 3.20. The maximum Gasteiger partial charge on any atom is 0.408 e. The van der Waals surface area contributed by atoms with Crippen molar-refractivity contribution in [1.29, 1.82) is 0 Å². The second-order valence-electron chi connectivity index (χ2n) is 7.18. The lowest BCUT2D eigenvalue weighted by atomic mass is 10.0. The van der Waals surface area contributed by atoms with Gasteiger partial charge in [0.25, 0.3) is 0 Å². The first kappa shape index (κ1) is 18.0. The maximum absolute atomic E-state index is 12.3. The number of aromatic nitrogens is 1. The lowest BCUT2D eigenvalue weighted by molar-refractivity contribution is 0.0477. The number of benzene rings is 1. The number of nitrogens with one attached hydrogen (secondary N) is 1. The minimum atomic E-state index is -0.611. The molecule has 2 aromatic rings. The summed E-state index contributed by atoms with van der Waals surface area (Å²) >= 11 is 0. The van der Waals surface area contributed by atoms with Gasteiger partial charge in [-0.2, -0.15) is 0 Å². The first-order valence-corrected chi connectivity index (χ1v) is 7.98. The molecule has 1 atom stereocenters. The summed E-state index contributed by atoms with van der Waals surface area (Å²) in [7, 11) is 0. The van der Waals surface area contributed by atoms with Crippen molar-refractivity contribution in [3.8, 4) is 0 Å².